The number of rotatable bonds is 5. The zero-order valence-electron chi connectivity index (χ0n) is 11.2. The van der Waals surface area contributed by atoms with Crippen molar-refractivity contribution in [2.45, 2.75) is 19.6 Å². The lowest BCUT2D eigenvalue weighted by Crippen LogP contribution is -2.07. The van der Waals surface area contributed by atoms with Crippen LogP contribution in [0.3, 0.4) is 0 Å². The lowest BCUT2D eigenvalue weighted by molar-refractivity contribution is 0.216. The van der Waals surface area contributed by atoms with Crippen LogP contribution in [0.2, 0.25) is 0 Å². The highest BCUT2D eigenvalue weighted by atomic mass is 19.1. The third kappa shape index (κ3) is 3.55. The zero-order chi connectivity index (χ0) is 13.7. The van der Waals surface area contributed by atoms with Gasteiger partial charge in [-0.3, -0.25) is 0 Å². The Morgan fingerprint density at radius 3 is 2.53 bits per heavy atom. The molecule has 1 N–H and O–H groups in total. The maximum atomic E-state index is 13.9. The van der Waals surface area contributed by atoms with Crippen molar-refractivity contribution in [3.05, 3.63) is 65.5 Å². The summed E-state index contributed by atoms with van der Waals surface area (Å²) in [5.74, 6) is -0.0354. The van der Waals surface area contributed by atoms with Crippen molar-refractivity contribution in [2.24, 2.45) is 0 Å². The van der Waals surface area contributed by atoms with Crippen molar-refractivity contribution in [1.29, 1.82) is 0 Å². The Bertz CT molecular complexity index is 528. The van der Waals surface area contributed by atoms with E-state index in [0.29, 0.717) is 6.54 Å². The summed E-state index contributed by atoms with van der Waals surface area (Å²) in [5, 5.41) is 2.99. The molecular weight excluding hydrogens is 241 g/mol. The third-order valence-corrected chi connectivity index (χ3v) is 2.95. The lowest BCUT2D eigenvalue weighted by atomic mass is 10.1. The first-order valence-electron chi connectivity index (χ1n) is 6.35. The molecule has 0 spiro atoms. The van der Waals surface area contributed by atoms with Crippen molar-refractivity contribution >= 4 is 0 Å². The van der Waals surface area contributed by atoms with Gasteiger partial charge in [-0.1, -0.05) is 36.4 Å². The monoisotopic (exact) mass is 259 g/mol. The highest BCUT2D eigenvalue weighted by Crippen LogP contribution is 2.25. The van der Waals surface area contributed by atoms with E-state index in [2.05, 4.69) is 5.32 Å². The maximum Gasteiger partial charge on any atom is 0.165 e. The van der Waals surface area contributed by atoms with Crippen LogP contribution >= 0.6 is 0 Å². The molecule has 3 heteroatoms. The van der Waals surface area contributed by atoms with E-state index in [-0.39, 0.29) is 17.7 Å². The van der Waals surface area contributed by atoms with Gasteiger partial charge >= 0.3 is 0 Å². The molecule has 19 heavy (non-hydrogen) atoms. The van der Waals surface area contributed by atoms with Crippen LogP contribution in [0.15, 0.2) is 48.5 Å². The largest absolute Gasteiger partial charge is 0.483 e. The van der Waals surface area contributed by atoms with Crippen LogP contribution in [-0.4, -0.2) is 7.05 Å². The molecule has 2 rings (SSSR count). The molecule has 0 saturated carbocycles. The maximum absolute atomic E-state index is 13.9. The molecule has 0 aliphatic heterocycles. The predicted octanol–water partition coefficient (Wildman–Crippen LogP) is 3.69. The van der Waals surface area contributed by atoms with Crippen LogP contribution in [0.1, 0.15) is 24.2 Å². The van der Waals surface area contributed by atoms with Crippen LogP contribution in [-0.2, 0) is 6.54 Å². The van der Waals surface area contributed by atoms with Gasteiger partial charge in [0.1, 0.15) is 6.10 Å². The van der Waals surface area contributed by atoms with E-state index in [4.69, 9.17) is 4.74 Å². The molecule has 2 aromatic carbocycles. The lowest BCUT2D eigenvalue weighted by Gasteiger charge is -2.16. The molecule has 0 aliphatic carbocycles. The summed E-state index contributed by atoms with van der Waals surface area (Å²) in [6.07, 6.45) is -0.175. The number of hydrogen-bond donors (Lipinski definition) is 1. The van der Waals surface area contributed by atoms with Crippen LogP contribution in [0.5, 0.6) is 5.75 Å². The van der Waals surface area contributed by atoms with E-state index in [1.54, 1.807) is 6.07 Å². The summed E-state index contributed by atoms with van der Waals surface area (Å²) in [5.41, 5.74) is 1.93. The fourth-order valence-corrected chi connectivity index (χ4v) is 1.94. The van der Waals surface area contributed by atoms with Gasteiger partial charge in [0.2, 0.25) is 0 Å². The molecule has 0 fully saturated rings. The van der Waals surface area contributed by atoms with Gasteiger partial charge in [-0.2, -0.15) is 0 Å². The Hall–Kier alpha value is -1.87. The average molecular weight is 259 g/mol. The van der Waals surface area contributed by atoms with Crippen LogP contribution in [0.25, 0.3) is 0 Å². The Labute approximate surface area is 113 Å². The minimum Gasteiger partial charge on any atom is -0.483 e. The topological polar surface area (TPSA) is 21.3 Å². The van der Waals surface area contributed by atoms with Crippen LogP contribution in [0.4, 0.5) is 4.39 Å². The molecule has 0 heterocycles. The van der Waals surface area contributed by atoms with Crippen molar-refractivity contribution < 1.29 is 9.13 Å². The van der Waals surface area contributed by atoms with Gasteiger partial charge in [-0.15, -0.1) is 0 Å². The number of hydrogen-bond acceptors (Lipinski definition) is 2. The van der Waals surface area contributed by atoms with Gasteiger partial charge in [0.25, 0.3) is 0 Å². The highest BCUT2D eigenvalue weighted by Gasteiger charge is 2.10. The van der Waals surface area contributed by atoms with E-state index >= 15 is 0 Å². The summed E-state index contributed by atoms with van der Waals surface area (Å²) >= 11 is 0. The van der Waals surface area contributed by atoms with Crippen LogP contribution in [0, 0.1) is 5.82 Å². The van der Waals surface area contributed by atoms with Crippen molar-refractivity contribution in [3.8, 4) is 5.75 Å². The predicted molar refractivity (Wildman–Crippen MR) is 74.6 cm³/mol. The van der Waals surface area contributed by atoms with Gasteiger partial charge in [-0.25, -0.2) is 4.39 Å². The van der Waals surface area contributed by atoms with Gasteiger partial charge in [-0.05, 0) is 37.2 Å². The first-order valence-corrected chi connectivity index (χ1v) is 6.35. The molecule has 2 aromatic rings. The summed E-state index contributed by atoms with van der Waals surface area (Å²) in [7, 11) is 1.83. The first kappa shape index (κ1) is 13.6. The molecule has 0 radical (unpaired) electrons. The molecule has 1 atom stereocenters. The number of nitrogens with one attached hydrogen (secondary N) is 1. The summed E-state index contributed by atoms with van der Waals surface area (Å²) in [6.45, 7) is 2.56. The molecule has 2 nitrogen and oxygen atoms in total. The fraction of sp³-hybridized carbons (Fsp3) is 0.250. The molecule has 0 bridgehead atoms. The van der Waals surface area contributed by atoms with Crippen molar-refractivity contribution in [3.63, 3.8) is 0 Å². The summed E-state index contributed by atoms with van der Waals surface area (Å²) < 4.78 is 19.6. The smallest absolute Gasteiger partial charge is 0.165 e. The first-order chi connectivity index (χ1) is 9.20. The molecule has 0 aromatic heterocycles. The minimum absolute atomic E-state index is 0.175. The van der Waals surface area contributed by atoms with E-state index in [1.165, 1.54) is 6.07 Å². The van der Waals surface area contributed by atoms with Gasteiger partial charge in [0.15, 0.2) is 11.6 Å². The second-order valence-electron chi connectivity index (χ2n) is 4.47. The Morgan fingerprint density at radius 2 is 1.89 bits per heavy atom. The fourth-order valence-electron chi connectivity index (χ4n) is 1.94. The van der Waals surface area contributed by atoms with Gasteiger partial charge < -0.3 is 10.1 Å². The zero-order valence-corrected chi connectivity index (χ0v) is 11.2. The molecule has 1 unspecified atom stereocenters. The van der Waals surface area contributed by atoms with Crippen molar-refractivity contribution in [2.75, 3.05) is 7.05 Å². The normalized spacial score (nSPS) is 12.2. The molecule has 0 saturated heterocycles. The molecule has 0 aliphatic rings. The standard InChI is InChI=1S/C16H18FNO/c1-12(14-6-4-3-5-7-14)19-16-9-8-13(11-18-2)10-15(16)17/h3-10,12,18H,11H2,1-2H3. The average Bonchev–Trinajstić information content (AvgIpc) is 2.43. The van der Waals surface area contributed by atoms with Crippen LogP contribution < -0.4 is 10.1 Å². The highest BCUT2D eigenvalue weighted by molar-refractivity contribution is 5.30. The van der Waals surface area contributed by atoms with E-state index in [1.807, 2.05) is 50.4 Å². The Morgan fingerprint density at radius 1 is 1.16 bits per heavy atom. The summed E-state index contributed by atoms with van der Waals surface area (Å²) in [6, 6.07) is 14.8. The van der Waals surface area contributed by atoms with E-state index in [0.717, 1.165) is 11.1 Å². The minimum atomic E-state index is -0.324. The van der Waals surface area contributed by atoms with Crippen molar-refractivity contribution in [1.82, 2.24) is 5.32 Å². The quantitative estimate of drug-likeness (QED) is 0.884. The second kappa shape index (κ2) is 6.34. The third-order valence-electron chi connectivity index (χ3n) is 2.95. The Balaban J connectivity index is 2.11. The van der Waals surface area contributed by atoms with Gasteiger partial charge in [0.05, 0.1) is 0 Å². The van der Waals surface area contributed by atoms with Gasteiger partial charge in [0, 0.05) is 6.54 Å². The number of benzene rings is 2. The second-order valence-corrected chi connectivity index (χ2v) is 4.47. The molecule has 0 amide bonds. The molecule has 100 valence electrons. The summed E-state index contributed by atoms with van der Waals surface area (Å²) in [4.78, 5) is 0. The SMILES string of the molecule is CNCc1ccc(OC(C)c2ccccc2)c(F)c1. The van der Waals surface area contributed by atoms with E-state index < -0.39 is 0 Å². The molecular formula is C16H18FNO. The Kier molecular flexibility index (Phi) is 4.53. The number of ether oxygens (including phenoxy) is 1. The number of halogens is 1. The van der Waals surface area contributed by atoms with E-state index in [9.17, 15) is 4.39 Å².